The highest BCUT2D eigenvalue weighted by molar-refractivity contribution is 6.33. The number of hydrogen-bond donors (Lipinski definition) is 1. The van der Waals surface area contributed by atoms with E-state index in [1.165, 1.54) is 18.4 Å². The molecule has 0 bridgehead atoms. The number of methoxy groups -OCH3 is 2. The van der Waals surface area contributed by atoms with Crippen molar-refractivity contribution in [3.05, 3.63) is 22.2 Å². The number of hydrogen-bond acceptors (Lipinski definition) is 3. The lowest BCUT2D eigenvalue weighted by atomic mass is 9.76. The van der Waals surface area contributed by atoms with E-state index >= 15 is 0 Å². The second-order valence-electron chi connectivity index (χ2n) is 5.29. The number of ether oxygens (including phenoxy) is 2. The van der Waals surface area contributed by atoms with Gasteiger partial charge in [-0.3, -0.25) is 0 Å². The topological polar surface area (TPSA) is 44.5 Å². The summed E-state index contributed by atoms with van der Waals surface area (Å²) in [7, 11) is 3.24. The first-order chi connectivity index (χ1) is 9.09. The fraction of sp³-hybridized carbons (Fsp3) is 0.600. The van der Waals surface area contributed by atoms with Gasteiger partial charge in [-0.15, -0.1) is 0 Å². The third-order valence-electron chi connectivity index (χ3n) is 4.38. The molecule has 0 saturated heterocycles. The lowest BCUT2D eigenvalue weighted by Gasteiger charge is -2.31. The second kappa shape index (κ2) is 5.59. The van der Waals surface area contributed by atoms with Gasteiger partial charge in [-0.2, -0.15) is 0 Å². The summed E-state index contributed by atoms with van der Waals surface area (Å²) in [5, 5.41) is 0.636. The molecule has 1 saturated carbocycles. The zero-order valence-corrected chi connectivity index (χ0v) is 12.6. The van der Waals surface area contributed by atoms with Crippen LogP contribution in [-0.4, -0.2) is 20.8 Å². The van der Waals surface area contributed by atoms with E-state index in [0.29, 0.717) is 23.1 Å². The molecule has 0 unspecified atom stereocenters. The molecule has 2 N–H and O–H groups in total. The van der Waals surface area contributed by atoms with Crippen LogP contribution in [0.1, 0.15) is 36.8 Å². The predicted molar refractivity (Wildman–Crippen MR) is 78.5 cm³/mol. The first-order valence-corrected chi connectivity index (χ1v) is 7.09. The standard InChI is InChI=1S/C15H22ClNO2/c1-10-11(15(9-17)6-4-5-7-15)8-12(18-2)14(19-3)13(10)16/h8H,4-7,9,17H2,1-3H3. The molecule has 19 heavy (non-hydrogen) atoms. The van der Waals surface area contributed by atoms with Gasteiger partial charge in [0.1, 0.15) is 0 Å². The Balaban J connectivity index is 2.60. The van der Waals surface area contributed by atoms with Gasteiger partial charge in [0.25, 0.3) is 0 Å². The molecule has 0 heterocycles. The average molecular weight is 284 g/mol. The van der Waals surface area contributed by atoms with E-state index in [4.69, 9.17) is 26.8 Å². The molecule has 4 heteroatoms. The van der Waals surface area contributed by atoms with Crippen molar-refractivity contribution in [3.63, 3.8) is 0 Å². The van der Waals surface area contributed by atoms with E-state index in [-0.39, 0.29) is 5.41 Å². The summed E-state index contributed by atoms with van der Waals surface area (Å²) in [6, 6.07) is 2.05. The van der Waals surface area contributed by atoms with Crippen molar-refractivity contribution in [3.8, 4) is 11.5 Å². The van der Waals surface area contributed by atoms with Crippen LogP contribution in [-0.2, 0) is 5.41 Å². The van der Waals surface area contributed by atoms with Gasteiger partial charge >= 0.3 is 0 Å². The molecule has 1 fully saturated rings. The Morgan fingerprint density at radius 2 is 1.89 bits per heavy atom. The van der Waals surface area contributed by atoms with Crippen LogP contribution in [0.3, 0.4) is 0 Å². The summed E-state index contributed by atoms with van der Waals surface area (Å²) in [6.45, 7) is 2.69. The van der Waals surface area contributed by atoms with Gasteiger partial charge in [0.15, 0.2) is 11.5 Å². The molecule has 1 aliphatic carbocycles. The Morgan fingerprint density at radius 1 is 1.26 bits per heavy atom. The maximum Gasteiger partial charge on any atom is 0.179 e. The van der Waals surface area contributed by atoms with Crippen LogP contribution in [0.25, 0.3) is 0 Å². The number of nitrogens with two attached hydrogens (primary N) is 1. The summed E-state index contributed by atoms with van der Waals surface area (Å²) in [5.74, 6) is 1.29. The van der Waals surface area contributed by atoms with Crippen molar-refractivity contribution < 1.29 is 9.47 Å². The van der Waals surface area contributed by atoms with Crippen molar-refractivity contribution >= 4 is 11.6 Å². The molecule has 1 aromatic rings. The predicted octanol–water partition coefficient (Wildman–Crippen LogP) is 3.44. The third kappa shape index (κ3) is 2.30. The summed E-state index contributed by atoms with van der Waals surface area (Å²) >= 11 is 6.43. The van der Waals surface area contributed by atoms with Gasteiger partial charge in [-0.25, -0.2) is 0 Å². The van der Waals surface area contributed by atoms with Gasteiger partial charge in [-0.1, -0.05) is 24.4 Å². The quantitative estimate of drug-likeness (QED) is 0.921. The van der Waals surface area contributed by atoms with Crippen molar-refractivity contribution in [1.29, 1.82) is 0 Å². The molecule has 0 aromatic heterocycles. The maximum absolute atomic E-state index is 6.43. The van der Waals surface area contributed by atoms with Crippen LogP contribution < -0.4 is 15.2 Å². The van der Waals surface area contributed by atoms with E-state index < -0.39 is 0 Å². The zero-order valence-electron chi connectivity index (χ0n) is 11.9. The van der Waals surface area contributed by atoms with Gasteiger partial charge < -0.3 is 15.2 Å². The van der Waals surface area contributed by atoms with E-state index in [1.807, 2.05) is 6.92 Å². The van der Waals surface area contributed by atoms with Crippen molar-refractivity contribution in [2.75, 3.05) is 20.8 Å². The first-order valence-electron chi connectivity index (χ1n) is 6.71. The lowest BCUT2D eigenvalue weighted by molar-refractivity contribution is 0.351. The van der Waals surface area contributed by atoms with Gasteiger partial charge in [0, 0.05) is 12.0 Å². The molecule has 2 rings (SSSR count). The Kier molecular flexibility index (Phi) is 4.26. The monoisotopic (exact) mass is 283 g/mol. The van der Waals surface area contributed by atoms with E-state index in [2.05, 4.69) is 6.07 Å². The van der Waals surface area contributed by atoms with Crippen molar-refractivity contribution in [2.24, 2.45) is 5.73 Å². The summed E-state index contributed by atoms with van der Waals surface area (Å²) in [4.78, 5) is 0. The molecule has 0 radical (unpaired) electrons. The summed E-state index contributed by atoms with van der Waals surface area (Å²) in [6.07, 6.45) is 4.69. The Bertz CT molecular complexity index is 468. The normalized spacial score (nSPS) is 17.5. The zero-order chi connectivity index (χ0) is 14.0. The molecule has 1 aliphatic rings. The lowest BCUT2D eigenvalue weighted by Crippen LogP contribution is -2.33. The van der Waals surface area contributed by atoms with Crippen LogP contribution in [0.15, 0.2) is 6.07 Å². The number of benzene rings is 1. The molecule has 0 atom stereocenters. The summed E-state index contributed by atoms with van der Waals surface area (Å²) < 4.78 is 10.8. The van der Waals surface area contributed by atoms with E-state index in [9.17, 15) is 0 Å². The minimum atomic E-state index is 0.0489. The smallest absolute Gasteiger partial charge is 0.179 e. The van der Waals surface area contributed by atoms with Gasteiger partial charge in [-0.05, 0) is 37.0 Å². The summed E-state index contributed by atoms with van der Waals surface area (Å²) in [5.41, 5.74) is 8.40. The fourth-order valence-corrected chi connectivity index (χ4v) is 3.50. The van der Waals surface area contributed by atoms with Crippen LogP contribution in [0.4, 0.5) is 0 Å². The number of rotatable bonds is 4. The fourth-order valence-electron chi connectivity index (χ4n) is 3.23. The third-order valence-corrected chi connectivity index (χ3v) is 4.83. The molecular formula is C15H22ClNO2. The highest BCUT2D eigenvalue weighted by Crippen LogP contribution is 2.47. The Morgan fingerprint density at radius 3 is 2.37 bits per heavy atom. The average Bonchev–Trinajstić information content (AvgIpc) is 2.91. The highest BCUT2D eigenvalue weighted by Gasteiger charge is 2.37. The van der Waals surface area contributed by atoms with Crippen LogP contribution in [0.5, 0.6) is 11.5 Å². The Labute approximate surface area is 120 Å². The molecule has 0 amide bonds. The molecular weight excluding hydrogens is 262 g/mol. The molecule has 1 aromatic carbocycles. The minimum absolute atomic E-state index is 0.0489. The second-order valence-corrected chi connectivity index (χ2v) is 5.67. The molecule has 3 nitrogen and oxygen atoms in total. The first kappa shape index (κ1) is 14.5. The largest absolute Gasteiger partial charge is 0.493 e. The van der Waals surface area contributed by atoms with Gasteiger partial charge in [0.05, 0.1) is 19.2 Å². The Hall–Kier alpha value is -0.930. The minimum Gasteiger partial charge on any atom is -0.493 e. The highest BCUT2D eigenvalue weighted by atomic mass is 35.5. The van der Waals surface area contributed by atoms with E-state index in [0.717, 1.165) is 18.4 Å². The molecule has 106 valence electrons. The number of halogens is 1. The van der Waals surface area contributed by atoms with Crippen molar-refractivity contribution in [2.45, 2.75) is 38.0 Å². The molecule has 0 aliphatic heterocycles. The van der Waals surface area contributed by atoms with Gasteiger partial charge in [0.2, 0.25) is 0 Å². The molecule has 0 spiro atoms. The maximum atomic E-state index is 6.43. The van der Waals surface area contributed by atoms with Crippen LogP contribution in [0, 0.1) is 6.92 Å². The van der Waals surface area contributed by atoms with E-state index in [1.54, 1.807) is 14.2 Å². The van der Waals surface area contributed by atoms with Crippen LogP contribution in [0.2, 0.25) is 5.02 Å². The van der Waals surface area contributed by atoms with Crippen molar-refractivity contribution in [1.82, 2.24) is 0 Å². The SMILES string of the molecule is COc1cc(C2(CN)CCCC2)c(C)c(Cl)c1OC. The van der Waals surface area contributed by atoms with Crippen LogP contribution >= 0.6 is 11.6 Å².